The number of rotatable bonds is 7. The largest absolute Gasteiger partial charge is 0.416 e. The number of nitrogens with zero attached hydrogens (tertiary/aromatic N) is 1. The fourth-order valence-electron chi connectivity index (χ4n) is 4.07. The first-order chi connectivity index (χ1) is 16.1. The molecular formula is C24H25F3N2O4S. The van der Waals surface area contributed by atoms with E-state index in [0.717, 1.165) is 46.3 Å². The lowest BCUT2D eigenvalue weighted by atomic mass is 10.1. The smallest absolute Gasteiger partial charge is 0.377 e. The maximum Gasteiger partial charge on any atom is 0.416 e. The van der Waals surface area contributed by atoms with Gasteiger partial charge in [-0.3, -0.25) is 4.79 Å². The van der Waals surface area contributed by atoms with E-state index >= 15 is 0 Å². The van der Waals surface area contributed by atoms with Crippen LogP contribution in [0.2, 0.25) is 0 Å². The van der Waals surface area contributed by atoms with Crippen molar-refractivity contribution in [2.24, 2.45) is 0 Å². The highest BCUT2D eigenvalue weighted by atomic mass is 32.2. The molecular weight excluding hydrogens is 469 g/mol. The van der Waals surface area contributed by atoms with Crippen LogP contribution in [0.1, 0.15) is 36.5 Å². The number of fused-ring (bicyclic) bond motifs is 1. The van der Waals surface area contributed by atoms with Crippen molar-refractivity contribution in [1.29, 1.82) is 0 Å². The molecule has 1 aromatic heterocycles. The zero-order chi connectivity index (χ0) is 24.5. The first-order valence-corrected chi connectivity index (χ1v) is 12.5. The number of aryl methyl sites for hydroxylation is 1. The SMILES string of the molecule is CCc1ccc2[nH]c(=O)c(CN(C[C@@H]3CCCO3)S(=O)(=O)c3cccc(C(F)(F)F)c3)cc2c1. The number of aromatic nitrogens is 1. The number of hydrogen-bond acceptors (Lipinski definition) is 4. The van der Waals surface area contributed by atoms with Gasteiger partial charge in [-0.05, 0) is 66.6 Å². The molecule has 1 saturated heterocycles. The fraction of sp³-hybridized carbons (Fsp3) is 0.375. The number of nitrogens with one attached hydrogen (secondary N) is 1. The molecule has 0 aliphatic carbocycles. The lowest BCUT2D eigenvalue weighted by Gasteiger charge is -2.25. The van der Waals surface area contributed by atoms with Crippen LogP contribution in [-0.4, -0.2) is 37.0 Å². The Morgan fingerprint density at radius 1 is 1.15 bits per heavy atom. The molecule has 4 rings (SSSR count). The number of sulfonamides is 1. The molecule has 0 unspecified atom stereocenters. The summed E-state index contributed by atoms with van der Waals surface area (Å²) in [5, 5.41) is 0.752. The van der Waals surface area contributed by atoms with Crippen molar-refractivity contribution < 1.29 is 26.3 Å². The lowest BCUT2D eigenvalue weighted by molar-refractivity contribution is -0.137. The Labute approximate surface area is 195 Å². The zero-order valence-corrected chi connectivity index (χ0v) is 19.4. The summed E-state index contributed by atoms with van der Waals surface area (Å²) >= 11 is 0. The van der Waals surface area contributed by atoms with Crippen molar-refractivity contribution in [3.05, 3.63) is 75.6 Å². The molecule has 1 aliphatic rings. The van der Waals surface area contributed by atoms with Gasteiger partial charge in [0.1, 0.15) is 0 Å². The van der Waals surface area contributed by atoms with Crippen LogP contribution in [0.3, 0.4) is 0 Å². The van der Waals surface area contributed by atoms with E-state index in [1.54, 1.807) is 12.1 Å². The van der Waals surface area contributed by atoms with Crippen molar-refractivity contribution in [3.63, 3.8) is 0 Å². The minimum absolute atomic E-state index is 0.0644. The van der Waals surface area contributed by atoms with Gasteiger partial charge in [0.2, 0.25) is 10.0 Å². The number of hydrogen-bond donors (Lipinski definition) is 1. The van der Waals surface area contributed by atoms with Gasteiger partial charge < -0.3 is 9.72 Å². The van der Waals surface area contributed by atoms with Crippen LogP contribution >= 0.6 is 0 Å². The highest BCUT2D eigenvalue weighted by Gasteiger charge is 2.34. The highest BCUT2D eigenvalue weighted by molar-refractivity contribution is 7.89. The molecule has 0 amide bonds. The topological polar surface area (TPSA) is 79.5 Å². The van der Waals surface area contributed by atoms with Crippen molar-refractivity contribution in [2.75, 3.05) is 13.2 Å². The number of benzene rings is 2. The molecule has 0 bridgehead atoms. The second kappa shape index (κ2) is 9.52. The maximum atomic E-state index is 13.5. The maximum absolute atomic E-state index is 13.5. The average Bonchev–Trinajstić information content (AvgIpc) is 3.31. The van der Waals surface area contributed by atoms with E-state index in [9.17, 15) is 26.4 Å². The van der Waals surface area contributed by atoms with E-state index in [1.807, 2.05) is 19.1 Å². The summed E-state index contributed by atoms with van der Waals surface area (Å²) in [6.07, 6.45) is -2.90. The molecule has 1 aliphatic heterocycles. The average molecular weight is 495 g/mol. The van der Waals surface area contributed by atoms with E-state index in [1.165, 1.54) is 0 Å². The van der Waals surface area contributed by atoms with Gasteiger partial charge in [0.15, 0.2) is 0 Å². The van der Waals surface area contributed by atoms with Gasteiger partial charge in [0, 0.05) is 30.8 Å². The van der Waals surface area contributed by atoms with Crippen molar-refractivity contribution in [3.8, 4) is 0 Å². The summed E-state index contributed by atoms with van der Waals surface area (Å²) in [4.78, 5) is 15.0. The normalized spacial score (nSPS) is 17.0. The Balaban J connectivity index is 1.75. The van der Waals surface area contributed by atoms with Crippen LogP contribution in [0.5, 0.6) is 0 Å². The minimum Gasteiger partial charge on any atom is -0.377 e. The molecule has 182 valence electrons. The van der Waals surface area contributed by atoms with Crippen molar-refractivity contribution in [2.45, 2.75) is 49.9 Å². The summed E-state index contributed by atoms with van der Waals surface area (Å²) < 4.78 is 73.2. The molecule has 0 radical (unpaired) electrons. The molecule has 1 N–H and O–H groups in total. The van der Waals surface area contributed by atoms with Gasteiger partial charge in [-0.25, -0.2) is 8.42 Å². The van der Waals surface area contributed by atoms with Crippen LogP contribution in [0.15, 0.2) is 58.2 Å². The van der Waals surface area contributed by atoms with Gasteiger partial charge >= 0.3 is 6.18 Å². The second-order valence-corrected chi connectivity index (χ2v) is 10.3. The van der Waals surface area contributed by atoms with Gasteiger partial charge in [0.25, 0.3) is 5.56 Å². The molecule has 2 heterocycles. The van der Waals surface area contributed by atoms with Crippen LogP contribution in [0.25, 0.3) is 10.9 Å². The Bertz CT molecular complexity index is 1350. The molecule has 1 atom stereocenters. The summed E-state index contributed by atoms with van der Waals surface area (Å²) in [7, 11) is -4.35. The Kier molecular flexibility index (Phi) is 6.84. The molecule has 2 aromatic carbocycles. The van der Waals surface area contributed by atoms with Gasteiger partial charge in [0.05, 0.1) is 16.6 Å². The highest BCUT2D eigenvalue weighted by Crippen LogP contribution is 2.32. The first-order valence-electron chi connectivity index (χ1n) is 11.0. The number of aromatic amines is 1. The zero-order valence-electron chi connectivity index (χ0n) is 18.6. The number of ether oxygens (including phenoxy) is 1. The number of pyridine rings is 1. The first kappa shape index (κ1) is 24.4. The van der Waals surface area contributed by atoms with E-state index in [-0.39, 0.29) is 18.7 Å². The van der Waals surface area contributed by atoms with Gasteiger partial charge in [-0.15, -0.1) is 0 Å². The third-order valence-electron chi connectivity index (χ3n) is 5.97. The van der Waals surface area contributed by atoms with Gasteiger partial charge in [-0.2, -0.15) is 17.5 Å². The third-order valence-corrected chi connectivity index (χ3v) is 7.78. The standard InChI is InChI=1S/C24H25F3N2O4S/c1-2-16-8-9-22-17(11-16)12-18(23(30)28-22)14-29(15-20-6-4-10-33-20)34(31,32)21-7-3-5-19(13-21)24(25,26)27/h3,5,7-9,11-13,20H,2,4,6,10,14-15H2,1H3,(H,28,30)/t20-/m0/s1. The number of halogens is 3. The molecule has 3 aromatic rings. The van der Waals surface area contributed by atoms with Crippen LogP contribution in [0, 0.1) is 0 Å². The molecule has 0 spiro atoms. The predicted octanol–water partition coefficient (Wildman–Crippen LogP) is 4.48. The summed E-state index contributed by atoms with van der Waals surface area (Å²) in [6, 6.07) is 10.9. The number of alkyl halides is 3. The molecule has 34 heavy (non-hydrogen) atoms. The van der Waals surface area contributed by atoms with E-state index in [0.29, 0.717) is 24.6 Å². The minimum atomic E-state index is -4.68. The second-order valence-electron chi connectivity index (χ2n) is 8.36. The predicted molar refractivity (Wildman–Crippen MR) is 122 cm³/mol. The number of H-pyrrole nitrogens is 1. The fourth-order valence-corrected chi connectivity index (χ4v) is 5.57. The monoisotopic (exact) mass is 494 g/mol. The molecule has 0 saturated carbocycles. The van der Waals surface area contributed by atoms with Crippen molar-refractivity contribution in [1.82, 2.24) is 9.29 Å². The van der Waals surface area contributed by atoms with Gasteiger partial charge in [-0.1, -0.05) is 19.1 Å². The molecule has 1 fully saturated rings. The van der Waals surface area contributed by atoms with E-state index in [2.05, 4.69) is 4.98 Å². The summed E-state index contributed by atoms with van der Waals surface area (Å²) in [5.74, 6) is 0. The van der Waals surface area contributed by atoms with E-state index < -0.39 is 38.3 Å². The lowest BCUT2D eigenvalue weighted by Crippen LogP contribution is -2.38. The van der Waals surface area contributed by atoms with E-state index in [4.69, 9.17) is 4.74 Å². The van der Waals surface area contributed by atoms with Crippen LogP contribution < -0.4 is 5.56 Å². The summed E-state index contributed by atoms with van der Waals surface area (Å²) in [6.45, 7) is 2.13. The Morgan fingerprint density at radius 3 is 2.62 bits per heavy atom. The van der Waals surface area contributed by atoms with Crippen LogP contribution in [-0.2, 0) is 33.9 Å². The Morgan fingerprint density at radius 2 is 1.94 bits per heavy atom. The van der Waals surface area contributed by atoms with Crippen LogP contribution in [0.4, 0.5) is 13.2 Å². The Hall–Kier alpha value is -2.69. The summed E-state index contributed by atoms with van der Waals surface area (Å²) in [5.41, 5.74) is 0.375. The molecule has 10 heteroatoms. The van der Waals surface area contributed by atoms with Crippen molar-refractivity contribution >= 4 is 20.9 Å². The quantitative estimate of drug-likeness (QED) is 0.525. The molecule has 6 nitrogen and oxygen atoms in total. The third kappa shape index (κ3) is 5.18.